The number of para-hydroxylation sites is 2. The number of carbonyl (C=O) groups is 2. The second kappa shape index (κ2) is 9.60. The SMILES string of the molecule is CCOc1ccccc1OCC(=O)N1CCCN(C(=O)C2CCCO2)CC1. The van der Waals surface area contributed by atoms with E-state index in [0.29, 0.717) is 50.9 Å². The van der Waals surface area contributed by atoms with Gasteiger partial charge in [-0.3, -0.25) is 9.59 Å². The van der Waals surface area contributed by atoms with Gasteiger partial charge < -0.3 is 24.0 Å². The molecule has 2 heterocycles. The van der Waals surface area contributed by atoms with Crippen LogP contribution in [0.25, 0.3) is 0 Å². The molecule has 2 saturated heterocycles. The van der Waals surface area contributed by atoms with Crippen LogP contribution in [-0.2, 0) is 14.3 Å². The Morgan fingerprint density at radius 2 is 1.74 bits per heavy atom. The number of hydrogen-bond donors (Lipinski definition) is 0. The van der Waals surface area contributed by atoms with Crippen LogP contribution in [0.4, 0.5) is 0 Å². The fourth-order valence-corrected chi connectivity index (χ4v) is 3.44. The van der Waals surface area contributed by atoms with Crippen LogP contribution in [0.5, 0.6) is 11.5 Å². The smallest absolute Gasteiger partial charge is 0.260 e. The van der Waals surface area contributed by atoms with Gasteiger partial charge >= 0.3 is 0 Å². The van der Waals surface area contributed by atoms with Gasteiger partial charge in [0.1, 0.15) is 6.10 Å². The van der Waals surface area contributed by atoms with Gasteiger partial charge in [-0.2, -0.15) is 0 Å². The molecule has 0 aliphatic carbocycles. The number of amides is 2. The molecule has 27 heavy (non-hydrogen) atoms. The van der Waals surface area contributed by atoms with E-state index in [9.17, 15) is 9.59 Å². The molecule has 2 aliphatic rings. The van der Waals surface area contributed by atoms with Crippen LogP contribution in [0.2, 0.25) is 0 Å². The Labute approximate surface area is 160 Å². The zero-order valence-electron chi connectivity index (χ0n) is 15.9. The summed E-state index contributed by atoms with van der Waals surface area (Å²) in [7, 11) is 0. The molecule has 1 unspecified atom stereocenters. The molecule has 0 aromatic heterocycles. The third-order valence-corrected chi connectivity index (χ3v) is 4.87. The first-order valence-electron chi connectivity index (χ1n) is 9.72. The third kappa shape index (κ3) is 5.13. The lowest BCUT2D eigenvalue weighted by molar-refractivity contribution is -0.141. The van der Waals surface area contributed by atoms with Crippen molar-refractivity contribution in [2.45, 2.75) is 32.3 Å². The quantitative estimate of drug-likeness (QED) is 0.756. The first-order chi connectivity index (χ1) is 13.2. The van der Waals surface area contributed by atoms with Gasteiger partial charge in [-0.25, -0.2) is 0 Å². The van der Waals surface area contributed by atoms with Crippen LogP contribution in [0.3, 0.4) is 0 Å². The molecule has 2 fully saturated rings. The molecular weight excluding hydrogens is 348 g/mol. The van der Waals surface area contributed by atoms with Crippen molar-refractivity contribution in [3.8, 4) is 11.5 Å². The van der Waals surface area contributed by atoms with E-state index in [1.165, 1.54) is 0 Å². The molecule has 1 aromatic rings. The molecule has 0 N–H and O–H groups in total. The van der Waals surface area contributed by atoms with Crippen LogP contribution in [0.15, 0.2) is 24.3 Å². The molecule has 0 spiro atoms. The highest BCUT2D eigenvalue weighted by Crippen LogP contribution is 2.26. The largest absolute Gasteiger partial charge is 0.490 e. The van der Waals surface area contributed by atoms with Crippen LogP contribution in [0, 0.1) is 0 Å². The first kappa shape index (κ1) is 19.5. The number of hydrogen-bond acceptors (Lipinski definition) is 5. The number of nitrogens with zero attached hydrogens (tertiary/aromatic N) is 2. The predicted molar refractivity (Wildman–Crippen MR) is 99.9 cm³/mol. The zero-order chi connectivity index (χ0) is 19.1. The summed E-state index contributed by atoms with van der Waals surface area (Å²) in [5.74, 6) is 1.19. The van der Waals surface area contributed by atoms with E-state index in [1.54, 1.807) is 11.0 Å². The van der Waals surface area contributed by atoms with Crippen LogP contribution in [-0.4, -0.2) is 73.7 Å². The molecule has 7 heteroatoms. The van der Waals surface area contributed by atoms with Crippen molar-refractivity contribution in [3.05, 3.63) is 24.3 Å². The Bertz CT molecular complexity index is 645. The Balaban J connectivity index is 1.50. The first-order valence-corrected chi connectivity index (χ1v) is 9.72. The van der Waals surface area contributed by atoms with E-state index in [2.05, 4.69) is 0 Å². The third-order valence-electron chi connectivity index (χ3n) is 4.87. The lowest BCUT2D eigenvalue weighted by atomic mass is 10.2. The van der Waals surface area contributed by atoms with E-state index in [-0.39, 0.29) is 24.5 Å². The lowest BCUT2D eigenvalue weighted by Gasteiger charge is -2.24. The van der Waals surface area contributed by atoms with Crippen molar-refractivity contribution in [2.24, 2.45) is 0 Å². The van der Waals surface area contributed by atoms with Crippen molar-refractivity contribution in [1.29, 1.82) is 0 Å². The molecule has 7 nitrogen and oxygen atoms in total. The Kier molecular flexibility index (Phi) is 6.92. The predicted octanol–water partition coefficient (Wildman–Crippen LogP) is 1.70. The van der Waals surface area contributed by atoms with E-state index < -0.39 is 0 Å². The molecule has 1 aromatic carbocycles. The molecule has 148 valence electrons. The molecule has 0 saturated carbocycles. The summed E-state index contributed by atoms with van der Waals surface area (Å²) in [4.78, 5) is 28.7. The van der Waals surface area contributed by atoms with Gasteiger partial charge in [0.2, 0.25) is 0 Å². The second-order valence-corrected chi connectivity index (χ2v) is 6.73. The summed E-state index contributed by atoms with van der Waals surface area (Å²) in [6, 6.07) is 7.34. The van der Waals surface area contributed by atoms with Gasteiger partial charge in [-0.15, -0.1) is 0 Å². The van der Waals surface area contributed by atoms with E-state index in [1.807, 2.05) is 30.0 Å². The molecule has 0 radical (unpaired) electrons. The van der Waals surface area contributed by atoms with Gasteiger partial charge in [0, 0.05) is 32.8 Å². The van der Waals surface area contributed by atoms with Gasteiger partial charge in [0.15, 0.2) is 18.1 Å². The number of carbonyl (C=O) groups excluding carboxylic acids is 2. The van der Waals surface area contributed by atoms with Crippen LogP contribution >= 0.6 is 0 Å². The number of rotatable bonds is 6. The van der Waals surface area contributed by atoms with Gasteiger partial charge in [0.05, 0.1) is 6.61 Å². The molecule has 1 atom stereocenters. The highest BCUT2D eigenvalue weighted by atomic mass is 16.5. The van der Waals surface area contributed by atoms with E-state index in [4.69, 9.17) is 14.2 Å². The van der Waals surface area contributed by atoms with E-state index >= 15 is 0 Å². The fraction of sp³-hybridized carbons (Fsp3) is 0.600. The normalized spacial score (nSPS) is 20.3. The minimum atomic E-state index is -0.300. The average Bonchev–Trinajstić information content (AvgIpc) is 3.11. The molecule has 0 bridgehead atoms. The topological polar surface area (TPSA) is 68.3 Å². The summed E-state index contributed by atoms with van der Waals surface area (Å²) >= 11 is 0. The number of benzene rings is 1. The maximum Gasteiger partial charge on any atom is 0.260 e. The molecule has 3 rings (SSSR count). The summed E-state index contributed by atoms with van der Waals surface area (Å²) in [6.07, 6.45) is 2.20. The Hall–Kier alpha value is -2.28. The molecule has 2 aliphatic heterocycles. The summed E-state index contributed by atoms with van der Waals surface area (Å²) in [6.45, 7) is 5.42. The Morgan fingerprint density at radius 3 is 2.44 bits per heavy atom. The van der Waals surface area contributed by atoms with Crippen molar-refractivity contribution >= 4 is 11.8 Å². The van der Waals surface area contributed by atoms with Crippen LogP contribution in [0.1, 0.15) is 26.2 Å². The molecule has 2 amide bonds. The maximum atomic E-state index is 12.6. The lowest BCUT2D eigenvalue weighted by Crippen LogP contribution is -2.42. The summed E-state index contributed by atoms with van der Waals surface area (Å²) in [5.41, 5.74) is 0. The van der Waals surface area contributed by atoms with Gasteiger partial charge in [-0.1, -0.05) is 12.1 Å². The minimum absolute atomic E-state index is 0.0379. The summed E-state index contributed by atoms with van der Waals surface area (Å²) in [5, 5.41) is 0. The average molecular weight is 376 g/mol. The van der Waals surface area contributed by atoms with Crippen molar-refractivity contribution in [3.63, 3.8) is 0 Å². The fourth-order valence-electron chi connectivity index (χ4n) is 3.44. The van der Waals surface area contributed by atoms with Gasteiger partial charge in [0.25, 0.3) is 11.8 Å². The highest BCUT2D eigenvalue weighted by molar-refractivity contribution is 5.81. The van der Waals surface area contributed by atoms with Gasteiger partial charge in [-0.05, 0) is 38.3 Å². The number of ether oxygens (including phenoxy) is 3. The van der Waals surface area contributed by atoms with Crippen molar-refractivity contribution in [2.75, 3.05) is 46.0 Å². The minimum Gasteiger partial charge on any atom is -0.490 e. The van der Waals surface area contributed by atoms with Crippen molar-refractivity contribution < 1.29 is 23.8 Å². The maximum absolute atomic E-state index is 12.6. The monoisotopic (exact) mass is 376 g/mol. The zero-order valence-corrected chi connectivity index (χ0v) is 15.9. The highest BCUT2D eigenvalue weighted by Gasteiger charge is 2.30. The Morgan fingerprint density at radius 1 is 1.04 bits per heavy atom. The van der Waals surface area contributed by atoms with Crippen molar-refractivity contribution in [1.82, 2.24) is 9.80 Å². The molecular formula is C20H28N2O5. The van der Waals surface area contributed by atoms with E-state index in [0.717, 1.165) is 19.3 Å². The van der Waals surface area contributed by atoms with Crippen LogP contribution < -0.4 is 9.47 Å². The standard InChI is InChI=1S/C20H28N2O5/c1-2-25-16-7-3-4-8-17(16)27-15-19(23)21-10-6-11-22(13-12-21)20(24)18-9-5-14-26-18/h3-4,7-8,18H,2,5-6,9-15H2,1H3. The second-order valence-electron chi connectivity index (χ2n) is 6.73. The summed E-state index contributed by atoms with van der Waals surface area (Å²) < 4.78 is 16.7.